The van der Waals surface area contributed by atoms with Crippen LogP contribution in [0.4, 0.5) is 0 Å². The average molecular weight is 1860 g/mol. The number of Topliss-reactive ketones (excluding diaryl/α,β-unsaturated/α-hetero) is 1. The van der Waals surface area contributed by atoms with E-state index < -0.39 is 0 Å². The fourth-order valence-corrected chi connectivity index (χ4v) is 39.5. The Labute approximate surface area is 786 Å². The molecule has 42 atom stereocenters. The summed E-state index contributed by atoms with van der Waals surface area (Å²) in [6, 6.07) is 0. The lowest BCUT2D eigenvalue weighted by molar-refractivity contribution is -0.185. The topological polar surface area (TPSA) is 157 Å². The molecule has 10 heteroatoms. The monoisotopic (exact) mass is 1860 g/mol. The van der Waals surface area contributed by atoms with Crippen molar-refractivity contribution in [2.45, 2.75) is 468 Å². The number of fused-ring (bicyclic) bond motifs is 25. The maximum absolute atomic E-state index is 12.4. The van der Waals surface area contributed by atoms with Gasteiger partial charge in [0.15, 0.2) is 0 Å². The number of aliphatic hydroxyl groups is 6. The van der Waals surface area contributed by atoms with Gasteiger partial charge >= 0.3 is 0 Å². The highest BCUT2D eigenvalue weighted by Crippen LogP contribution is 2.75. The molecule has 0 amide bonds. The highest BCUT2D eigenvalue weighted by Gasteiger charge is 2.69. The number of alkyl halides is 1. The van der Waals surface area contributed by atoms with E-state index in [0.717, 1.165) is 159 Å². The van der Waals surface area contributed by atoms with Gasteiger partial charge in [-0.25, -0.2) is 0 Å². The van der Waals surface area contributed by atoms with Crippen molar-refractivity contribution in [1.82, 2.24) is 0 Å². The Hall–Kier alpha value is -0.700. The second-order valence-electron chi connectivity index (χ2n) is 49.8. The van der Waals surface area contributed by atoms with E-state index in [4.69, 9.17) is 9.47 Å². The maximum Gasteiger partial charge on any atom is 0.139 e. The number of ketones is 1. The van der Waals surface area contributed by atoms with Crippen LogP contribution in [0.2, 0.25) is 0 Å². The molecule has 0 bridgehead atoms. The molecule has 20 saturated carbocycles. The van der Waals surface area contributed by atoms with E-state index >= 15 is 0 Å². The molecule has 0 spiro atoms. The van der Waals surface area contributed by atoms with Gasteiger partial charge in [0, 0.05) is 26.1 Å². The Bertz CT molecular complexity index is 3510. The number of carbonyl (C=O) groups excluding carboxylic acids is 1. The minimum atomic E-state index is -0.337. The number of halogens is 1. The number of ether oxygens (including phenoxy) is 2. The maximum atomic E-state index is 12.4. The van der Waals surface area contributed by atoms with Crippen molar-refractivity contribution in [2.24, 2.45) is 196 Å². The molecule has 726 valence electrons. The molecule has 9 nitrogen and oxygen atoms in total. The number of carbonyl (C=O) groups is 1. The van der Waals surface area contributed by atoms with Gasteiger partial charge in [-0.2, -0.15) is 0 Å². The van der Waals surface area contributed by atoms with Crippen molar-refractivity contribution < 1.29 is 44.9 Å². The van der Waals surface area contributed by atoms with Crippen molar-refractivity contribution in [3.8, 4) is 0 Å². The Kier molecular flexibility index (Phi) is 35.3. The van der Waals surface area contributed by atoms with Gasteiger partial charge in [-0.1, -0.05) is 211 Å². The normalized spacial score (nSPS) is 53.5. The van der Waals surface area contributed by atoms with Crippen LogP contribution >= 0.6 is 22.6 Å². The van der Waals surface area contributed by atoms with Crippen LogP contribution in [0.1, 0.15) is 419 Å². The molecule has 20 rings (SSSR count). The van der Waals surface area contributed by atoms with Crippen LogP contribution in [0.15, 0.2) is 34.9 Å². The van der Waals surface area contributed by atoms with Crippen molar-refractivity contribution in [2.75, 3.05) is 19.2 Å². The van der Waals surface area contributed by atoms with Gasteiger partial charge in [0.1, 0.15) is 5.78 Å². The van der Waals surface area contributed by atoms with E-state index in [9.17, 15) is 35.4 Å². The summed E-state index contributed by atoms with van der Waals surface area (Å²) in [6.45, 7) is 40.8. The molecule has 0 radical (unpaired) electrons. The third kappa shape index (κ3) is 17.9. The minimum Gasteiger partial charge on any atom is -0.393 e. The van der Waals surface area contributed by atoms with Crippen LogP contribution in [-0.2, 0) is 14.3 Å². The first-order chi connectivity index (χ1) is 56.4. The molecule has 0 aromatic carbocycles. The number of methoxy groups -OCH3 is 2. The molecule has 125 heavy (non-hydrogen) atoms. The van der Waals surface area contributed by atoms with Crippen LogP contribution in [0.25, 0.3) is 0 Å². The summed E-state index contributed by atoms with van der Waals surface area (Å²) in [5, 5.41) is 64.1. The molecule has 20 aliphatic carbocycles. The SMILES string of the molecule is C.C.C.C.C.C.C/C=C1/CC[C@H]2[C@@H]3CC[C@H]4C[C@H](C)CC[C@]4(C)[C@H]3[C@@H](O)C[C@]12C.C/C=C1/CC[C@H]2[C@@H]3CC[C@H]4C[C@H](C)CC[C@]4(C)[C@H]3[C@@H](OC)C[C@]12C.C/C=C1/CC[C@H]2[C@@H]3CC[C@H]4C[C@H](O)CC[C@]4(C)[C@H]3[C@@H](O)C[C@]12C.CI.CO[C@H]1C[C@]2(C)[C@@H](C(C)O)CC[C@H]2[C@@H]2CC[C@H]3C[C@H](C)CC[C@]3(C)[C@H]21.C[C@]12CC[C@@H](O)C[C@@H]1CC[C@@H]1[C@@H]2[C@@H](O)C[C@]2(C)C(=O)CC[C@@H]12. The van der Waals surface area contributed by atoms with Crippen LogP contribution in [0.3, 0.4) is 0 Å². The van der Waals surface area contributed by atoms with Gasteiger partial charge < -0.3 is 40.1 Å². The molecule has 0 aliphatic heterocycles. The van der Waals surface area contributed by atoms with E-state index in [2.05, 4.69) is 152 Å². The lowest BCUT2D eigenvalue weighted by Crippen LogP contribution is -2.59. The van der Waals surface area contributed by atoms with E-state index in [1.54, 1.807) is 16.7 Å². The Morgan fingerprint density at radius 2 is 0.616 bits per heavy atom. The summed E-state index contributed by atoms with van der Waals surface area (Å²) < 4.78 is 12.5. The Morgan fingerprint density at radius 1 is 0.336 bits per heavy atom. The molecule has 0 saturated heterocycles. The zero-order valence-electron chi connectivity index (χ0n) is 79.8. The molecule has 0 heterocycles. The summed E-state index contributed by atoms with van der Waals surface area (Å²) in [7, 11) is 3.95. The number of hydrogen-bond acceptors (Lipinski definition) is 9. The fraction of sp³-hybridized carbons (Fsp3) is 0.939. The van der Waals surface area contributed by atoms with Gasteiger partial charge in [0.25, 0.3) is 0 Å². The van der Waals surface area contributed by atoms with Crippen LogP contribution in [-0.4, -0.2) is 104 Å². The number of allylic oxidation sites excluding steroid dienone is 6. The minimum absolute atomic E-state index is 0. The van der Waals surface area contributed by atoms with Crippen molar-refractivity contribution in [3.05, 3.63) is 34.9 Å². The van der Waals surface area contributed by atoms with Gasteiger partial charge in [-0.05, 0) is 455 Å². The quantitative estimate of drug-likeness (QED) is 0.0920. The Balaban J connectivity index is 0.000000174. The highest BCUT2D eigenvalue weighted by molar-refractivity contribution is 14.1. The molecular weight excluding hydrogens is 1650 g/mol. The molecule has 0 aromatic heterocycles. The molecule has 1 unspecified atom stereocenters. The number of rotatable bonds is 3. The molecule has 20 aliphatic rings. The van der Waals surface area contributed by atoms with Crippen molar-refractivity contribution >= 4 is 28.4 Å². The predicted octanol–water partition coefficient (Wildman–Crippen LogP) is 29.2. The second kappa shape index (κ2) is 40.9. The van der Waals surface area contributed by atoms with E-state index in [1.165, 1.54) is 180 Å². The third-order valence-corrected chi connectivity index (χ3v) is 45.2. The van der Waals surface area contributed by atoms with Crippen LogP contribution in [0, 0.1) is 196 Å². The van der Waals surface area contributed by atoms with Gasteiger partial charge in [-0.15, -0.1) is 0 Å². The summed E-state index contributed by atoms with van der Waals surface area (Å²) in [4.78, 5) is 14.4. The number of aliphatic hydroxyl groups excluding tert-OH is 6. The van der Waals surface area contributed by atoms with Crippen molar-refractivity contribution in [1.29, 1.82) is 0 Å². The standard InChI is InChI=1S/C23H40O2.C23H38O.C22H36O.C21H34O2.C19H30O3.CH3I.6CH4/c1-14-10-11-22(3)16(12-14)6-7-17-19-9-8-18(15(2)24)23(19,4)13-20(25-5)21(17)22;1-6-16-8-10-19-18-9-7-17-13-15(2)11-12-22(17,3)21(18)20(24-5)14-23(16,19)4;1-5-15-7-9-18-17-8-6-16-12-14(2)10-11-21(16,3)20(17)19(23)13-22(15,18)4;1-4-13-6-8-17-16-7-5-14-11-15(22)9-10-20(14,2)19(16)18(23)12-21(13,17)3;1-18-8-7-12(20)9-11(18)3-4-13-14-5-6-16(22)19(14,2)10-15(21)17(13)18;1-2;;;;;;/h14-21,24H,6-13H2,1-5H3;6,15,17-21H,7-14H2,1-5H3;5,14,16-20,23H,6-13H2,1-4H3;4,14-19,22-23H,5-12H2,1-3H3;11-15,17,20-21H,3-10H2,1-2H3;1H3;6*1H4/b;16-6-;15-5-;13-4-;;;;;;;;/t14-,15?,16+,17+,18-,19+,20+,21-,22+,23-;15-,17+,18+,19+,20+,21-,22+,23-;14-,16+,17+,18+,19+,20-,21+,22-;14-,15+,16-,17-,18-,19+,20-,21+;11-,12+,13-,14-,15-,17+,18-,19-;;;;;;;/m11100......./s1. The lowest BCUT2D eigenvalue weighted by Gasteiger charge is -2.63. The smallest absolute Gasteiger partial charge is 0.139 e. The summed E-state index contributed by atoms with van der Waals surface area (Å²) in [5.74, 6) is 17.9. The first-order valence-corrected chi connectivity index (χ1v) is 53.6. The second-order valence-corrected chi connectivity index (χ2v) is 49.8. The predicted molar refractivity (Wildman–Crippen MR) is 536 cm³/mol. The zero-order chi connectivity index (χ0) is 85.6. The largest absolute Gasteiger partial charge is 0.393 e. The lowest BCUT2D eigenvalue weighted by atomic mass is 9.43. The van der Waals surface area contributed by atoms with Crippen LogP contribution in [0.5, 0.6) is 0 Å². The summed E-state index contributed by atoms with van der Waals surface area (Å²) in [6.07, 6.45) is 56.4. The molecular formula is C115H205IO9. The van der Waals surface area contributed by atoms with Gasteiger partial charge in [0.05, 0.1) is 48.8 Å². The summed E-state index contributed by atoms with van der Waals surface area (Å²) >= 11 is 2.15. The number of hydrogen-bond donors (Lipinski definition) is 6. The first-order valence-electron chi connectivity index (χ1n) is 51.4. The zero-order valence-corrected chi connectivity index (χ0v) is 81.9. The van der Waals surface area contributed by atoms with Crippen molar-refractivity contribution in [3.63, 3.8) is 0 Å². The van der Waals surface area contributed by atoms with E-state index in [0.29, 0.717) is 105 Å². The fourth-order valence-electron chi connectivity index (χ4n) is 39.5. The van der Waals surface area contributed by atoms with Crippen LogP contribution < -0.4 is 0 Å². The third-order valence-electron chi connectivity index (χ3n) is 45.2. The van der Waals surface area contributed by atoms with Gasteiger partial charge in [0.2, 0.25) is 0 Å². The highest BCUT2D eigenvalue weighted by atomic mass is 127. The summed E-state index contributed by atoms with van der Waals surface area (Å²) in [5.41, 5.74) is 7.80. The Morgan fingerprint density at radius 3 is 0.952 bits per heavy atom. The van der Waals surface area contributed by atoms with E-state index in [1.807, 2.05) is 26.1 Å². The molecule has 6 N–H and O–H groups in total. The first kappa shape index (κ1) is 108. The van der Waals surface area contributed by atoms with E-state index in [-0.39, 0.29) is 108 Å². The van der Waals surface area contributed by atoms with Gasteiger partial charge in [-0.3, -0.25) is 4.79 Å². The average Bonchev–Trinajstić information content (AvgIpc) is 1.67. The molecule has 0 aromatic rings. The molecule has 20 fully saturated rings.